The number of likely N-dealkylation sites (tertiary alicyclic amines) is 1. The van der Waals surface area contributed by atoms with Gasteiger partial charge in [0.1, 0.15) is 11.0 Å². The van der Waals surface area contributed by atoms with Gasteiger partial charge in [-0.3, -0.25) is 0 Å². The third-order valence-electron chi connectivity index (χ3n) is 9.13. The van der Waals surface area contributed by atoms with Gasteiger partial charge in [0.25, 0.3) is 0 Å². The summed E-state index contributed by atoms with van der Waals surface area (Å²) in [7, 11) is 0.909. The first-order chi connectivity index (χ1) is 20.1. The zero-order valence-corrected chi connectivity index (χ0v) is 27.1. The number of hydrogen-bond acceptors (Lipinski definition) is 3. The molecule has 4 nitrogen and oxygen atoms in total. The molecule has 0 amide bonds. The lowest BCUT2D eigenvalue weighted by Crippen LogP contribution is -2.45. The number of piperidine rings is 1. The molecule has 0 radical (unpaired) electrons. The van der Waals surface area contributed by atoms with Crippen molar-refractivity contribution in [1.82, 2.24) is 9.21 Å². The van der Waals surface area contributed by atoms with E-state index in [1.165, 1.54) is 17.5 Å². The van der Waals surface area contributed by atoms with Crippen LogP contribution in [-0.2, 0) is 22.8 Å². The molecule has 0 spiro atoms. The molecule has 1 saturated heterocycles. The predicted octanol–water partition coefficient (Wildman–Crippen LogP) is 7.64. The van der Waals surface area contributed by atoms with E-state index >= 15 is 0 Å². The second-order valence-electron chi connectivity index (χ2n) is 13.4. The lowest BCUT2D eigenvalue weighted by atomic mass is 9.85. The van der Waals surface area contributed by atoms with Crippen LogP contribution in [0.3, 0.4) is 0 Å². The molecule has 5 heteroatoms. The Morgan fingerprint density at radius 2 is 1.45 bits per heavy atom. The van der Waals surface area contributed by atoms with E-state index in [1.807, 2.05) is 55.6 Å². The summed E-state index contributed by atoms with van der Waals surface area (Å²) < 4.78 is 15.3. The van der Waals surface area contributed by atoms with E-state index in [0.29, 0.717) is 12.0 Å². The van der Waals surface area contributed by atoms with Crippen molar-refractivity contribution >= 4 is 11.0 Å². The molecule has 1 aliphatic heterocycles. The number of nitrogens with zero attached hydrogens (tertiary/aromatic N) is 2. The lowest BCUT2D eigenvalue weighted by molar-refractivity contribution is -0.0314. The Balaban J connectivity index is 0.000000600. The average Bonchev–Trinajstić information content (AvgIpc) is 3.47. The summed E-state index contributed by atoms with van der Waals surface area (Å²) in [5.74, 6) is 0.655. The van der Waals surface area contributed by atoms with Gasteiger partial charge in [0.05, 0.1) is 10.5 Å². The molecule has 1 heterocycles. The quantitative estimate of drug-likeness (QED) is 0.279. The number of hydrogen-bond donors (Lipinski definition) is 1. The third-order valence-corrected chi connectivity index (χ3v) is 10.6. The molecule has 1 saturated carbocycles. The zero-order valence-electron chi connectivity index (χ0n) is 26.3. The normalized spacial score (nSPS) is 21.5. The van der Waals surface area contributed by atoms with E-state index in [0.717, 1.165) is 69.5 Å². The highest BCUT2D eigenvalue weighted by Gasteiger charge is 2.35. The van der Waals surface area contributed by atoms with Crippen LogP contribution in [0.1, 0.15) is 76.8 Å². The second kappa shape index (κ2) is 15.4. The molecule has 1 aliphatic carbocycles. The molecule has 0 bridgehead atoms. The highest BCUT2D eigenvalue weighted by Crippen LogP contribution is 2.34. The fourth-order valence-electron chi connectivity index (χ4n) is 6.34. The van der Waals surface area contributed by atoms with Gasteiger partial charge in [0.2, 0.25) is 0 Å². The monoisotopic (exact) mass is 588 g/mol. The van der Waals surface area contributed by atoms with Crippen molar-refractivity contribution in [3.8, 4) is 0 Å². The standard InChI is InChI=1S/C31H46N2O2S.C6H6/c1-30(2,3)27-13-16-29(17-14-27)36(35)32(4)28-15-12-26(23-28)24-33-21-19-31(34,20-22-33)18-8-11-25-9-6-5-7-10-25;1-2-4-6-5-3-1/h5-7,9-10,13-14,16-17,26,28,34H,8,11-12,15,18-24H2,1-4H3;1-6H. The Morgan fingerprint density at radius 3 is 2.02 bits per heavy atom. The van der Waals surface area contributed by atoms with Crippen molar-refractivity contribution in [2.75, 3.05) is 26.7 Å². The summed E-state index contributed by atoms with van der Waals surface area (Å²) in [5, 5.41) is 11.1. The van der Waals surface area contributed by atoms with E-state index in [1.54, 1.807) is 0 Å². The van der Waals surface area contributed by atoms with Crippen LogP contribution in [0, 0.1) is 5.92 Å². The van der Waals surface area contributed by atoms with E-state index in [-0.39, 0.29) is 5.41 Å². The van der Waals surface area contributed by atoms with Gasteiger partial charge in [-0.1, -0.05) is 99.6 Å². The van der Waals surface area contributed by atoms with Crippen LogP contribution in [0.2, 0.25) is 0 Å². The van der Waals surface area contributed by atoms with Gasteiger partial charge in [-0.2, -0.15) is 0 Å². The molecule has 2 fully saturated rings. The Kier molecular flexibility index (Phi) is 12.0. The minimum atomic E-state index is -1.12. The maximum atomic E-state index is 13.2. The molecule has 42 heavy (non-hydrogen) atoms. The van der Waals surface area contributed by atoms with Crippen molar-refractivity contribution in [2.45, 2.75) is 94.1 Å². The van der Waals surface area contributed by atoms with Crippen LogP contribution >= 0.6 is 0 Å². The molecule has 1 N–H and O–H groups in total. The van der Waals surface area contributed by atoms with Gasteiger partial charge in [0.15, 0.2) is 0 Å². The van der Waals surface area contributed by atoms with Crippen LogP contribution in [-0.4, -0.2) is 56.8 Å². The van der Waals surface area contributed by atoms with E-state index in [2.05, 4.69) is 72.4 Å². The van der Waals surface area contributed by atoms with Crippen molar-refractivity contribution in [3.05, 3.63) is 102 Å². The first-order valence-corrected chi connectivity index (χ1v) is 17.0. The summed E-state index contributed by atoms with van der Waals surface area (Å²) in [6.45, 7) is 9.71. The van der Waals surface area contributed by atoms with E-state index in [4.69, 9.17) is 0 Å². The molecule has 3 unspecified atom stereocenters. The summed E-state index contributed by atoms with van der Waals surface area (Å²) in [4.78, 5) is 3.46. The minimum absolute atomic E-state index is 0.108. The van der Waals surface area contributed by atoms with Gasteiger partial charge in [-0.05, 0) is 86.0 Å². The molecule has 0 aromatic heterocycles. The number of rotatable bonds is 9. The van der Waals surface area contributed by atoms with Gasteiger partial charge >= 0.3 is 0 Å². The minimum Gasteiger partial charge on any atom is -0.390 e. The lowest BCUT2D eigenvalue weighted by Gasteiger charge is -2.39. The van der Waals surface area contributed by atoms with Crippen LogP contribution in [0.5, 0.6) is 0 Å². The van der Waals surface area contributed by atoms with Crippen molar-refractivity contribution < 1.29 is 9.32 Å². The highest BCUT2D eigenvalue weighted by atomic mass is 32.2. The summed E-state index contributed by atoms with van der Waals surface area (Å²) >= 11 is 0. The largest absolute Gasteiger partial charge is 0.390 e. The predicted molar refractivity (Wildman–Crippen MR) is 177 cm³/mol. The van der Waals surface area contributed by atoms with Gasteiger partial charge in [-0.15, -0.1) is 0 Å². The maximum Gasteiger partial charge on any atom is 0.127 e. The van der Waals surface area contributed by atoms with Gasteiger partial charge in [0, 0.05) is 32.7 Å². The summed E-state index contributed by atoms with van der Waals surface area (Å²) in [6.07, 6.45) is 8.18. The number of aliphatic hydroxyl groups is 1. The number of benzene rings is 3. The van der Waals surface area contributed by atoms with Crippen LogP contribution < -0.4 is 0 Å². The first kappa shape index (κ1) is 32.6. The van der Waals surface area contributed by atoms with Crippen LogP contribution in [0.15, 0.2) is 95.9 Å². The second-order valence-corrected chi connectivity index (χ2v) is 15.0. The Morgan fingerprint density at radius 1 is 0.881 bits per heavy atom. The summed E-state index contributed by atoms with van der Waals surface area (Å²) in [5.41, 5.74) is 2.25. The highest BCUT2D eigenvalue weighted by molar-refractivity contribution is 7.82. The fraction of sp³-hybridized carbons (Fsp3) is 0.514. The van der Waals surface area contributed by atoms with Crippen molar-refractivity contribution in [3.63, 3.8) is 0 Å². The number of aryl methyl sites for hydroxylation is 1. The molecule has 3 aromatic carbocycles. The molecular weight excluding hydrogens is 536 g/mol. The molecular formula is C37H52N2O2S. The van der Waals surface area contributed by atoms with Crippen LogP contribution in [0.25, 0.3) is 0 Å². The third kappa shape index (κ3) is 9.87. The Hall–Kier alpha value is -2.31. The molecule has 3 aromatic rings. The van der Waals surface area contributed by atoms with Gasteiger partial charge in [-0.25, -0.2) is 8.51 Å². The van der Waals surface area contributed by atoms with Crippen LogP contribution in [0.4, 0.5) is 0 Å². The van der Waals surface area contributed by atoms with Crippen molar-refractivity contribution in [2.24, 2.45) is 5.92 Å². The zero-order chi connectivity index (χ0) is 30.0. The van der Waals surface area contributed by atoms with E-state index < -0.39 is 16.6 Å². The topological polar surface area (TPSA) is 43.8 Å². The Labute approximate surface area is 257 Å². The Bertz CT molecular complexity index is 1180. The maximum absolute atomic E-state index is 13.2. The fourth-order valence-corrected chi connectivity index (χ4v) is 7.50. The molecule has 3 atom stereocenters. The molecule has 228 valence electrons. The molecule has 2 aliphatic rings. The molecule has 5 rings (SSSR count). The van der Waals surface area contributed by atoms with Crippen molar-refractivity contribution in [1.29, 1.82) is 0 Å². The average molecular weight is 589 g/mol. The SMILES string of the molecule is CN(C1CCC(CN2CCC(O)(CCCc3ccccc3)CC2)C1)S(=O)c1ccc(C(C)(C)C)cc1.c1ccccc1. The first-order valence-electron chi connectivity index (χ1n) is 15.9. The smallest absolute Gasteiger partial charge is 0.127 e. The summed E-state index contributed by atoms with van der Waals surface area (Å²) in [6, 6.07) is 31.3. The van der Waals surface area contributed by atoms with E-state index in [9.17, 15) is 9.32 Å². The van der Waals surface area contributed by atoms with Gasteiger partial charge < -0.3 is 10.0 Å².